The highest BCUT2D eigenvalue weighted by Gasteiger charge is 2.51. The third kappa shape index (κ3) is 7.24. The predicted octanol–water partition coefficient (Wildman–Crippen LogP) is 4.29. The number of carbonyl (C=O) groups excluding carboxylic acids is 1. The Labute approximate surface area is 195 Å². The number of nitrogens with one attached hydrogen (secondary N) is 1. The van der Waals surface area contributed by atoms with Gasteiger partial charge < -0.3 is 25.6 Å². The molecule has 0 aromatic heterocycles. The minimum atomic E-state index is -1.37. The molecular weight excluding hydrogens is 404 g/mol. The van der Waals surface area contributed by atoms with Crippen LogP contribution in [0.1, 0.15) is 45.7 Å². The molecule has 0 aliphatic rings. The van der Waals surface area contributed by atoms with Gasteiger partial charge in [0.15, 0.2) is 2.82 Å². The molecule has 2 atom stereocenters. The van der Waals surface area contributed by atoms with Crippen LogP contribution >= 0.6 is 0 Å². The summed E-state index contributed by atoms with van der Waals surface area (Å²) in [6.45, 7) is 11.1. The number of aliphatic hydroxyl groups excluding tert-OH is 1. The number of benzene rings is 2. The Morgan fingerprint density at radius 3 is 2.28 bits per heavy atom. The Balaban J connectivity index is 2.25. The standard InChI is InChI=1S/C26H38N2O4/c1-19(2)16-28-17-23(29)26(25(3,4)5,32-24(27)30)15-20-11-13-22(14-12-20)31-18-21-9-7-6-8-10-21/h6-14,19,23,28-29H,15-18H2,1-5H3,(H2,27,30)/t23-,26+/m0/s1/i/hD2. The minimum absolute atomic E-state index is 0.102. The van der Waals surface area contributed by atoms with Crippen molar-refractivity contribution in [3.8, 4) is 5.75 Å². The smallest absolute Gasteiger partial charge is 0.405 e. The number of ether oxygens (including phenoxy) is 2. The number of nitrogens with two attached hydrogens (primary N) is 1. The lowest BCUT2D eigenvalue weighted by Gasteiger charge is -2.47. The zero-order chi connectivity index (χ0) is 25.4. The molecule has 4 N–H and O–H groups in total. The SMILES string of the molecule is [2H]N([2H])C(=O)O[C@](Cc1ccc(OCc2ccccc2)cc1)([C@@H](O)CNCC(C)C)C(C)(C)C. The van der Waals surface area contributed by atoms with Crippen molar-refractivity contribution < 1.29 is 22.2 Å². The Bertz CT molecular complexity index is 886. The first-order valence-corrected chi connectivity index (χ1v) is 11.1. The van der Waals surface area contributed by atoms with Crippen LogP contribution in [0, 0.1) is 11.3 Å². The number of aliphatic hydroxyl groups is 1. The topological polar surface area (TPSA) is 93.8 Å². The molecule has 0 radical (unpaired) electrons. The van der Waals surface area contributed by atoms with E-state index < -0.39 is 23.2 Å². The molecule has 2 aromatic rings. The van der Waals surface area contributed by atoms with Gasteiger partial charge >= 0.3 is 6.09 Å². The molecule has 0 aliphatic heterocycles. The quantitative estimate of drug-likeness (QED) is 0.481. The lowest BCUT2D eigenvalue weighted by atomic mass is 9.69. The van der Waals surface area contributed by atoms with Crippen LogP contribution in [-0.2, 0) is 17.8 Å². The van der Waals surface area contributed by atoms with Gasteiger partial charge in [0.2, 0.25) is 0 Å². The maximum Gasteiger partial charge on any atom is 0.405 e. The molecular formula is C26H38N2O4. The van der Waals surface area contributed by atoms with Gasteiger partial charge in [-0.05, 0) is 35.7 Å². The Kier molecular flexibility index (Phi) is 8.02. The number of rotatable bonds is 11. The predicted molar refractivity (Wildman–Crippen MR) is 127 cm³/mol. The molecule has 2 aromatic carbocycles. The fraction of sp³-hybridized carbons (Fsp3) is 0.500. The maximum absolute atomic E-state index is 12.3. The Morgan fingerprint density at radius 2 is 1.72 bits per heavy atom. The molecule has 0 aliphatic carbocycles. The zero-order valence-electron chi connectivity index (χ0n) is 21.8. The monoisotopic (exact) mass is 444 g/mol. The van der Waals surface area contributed by atoms with E-state index in [1.54, 1.807) is 0 Å². The van der Waals surface area contributed by atoms with Crippen molar-refractivity contribution in [1.82, 2.24) is 5.32 Å². The lowest BCUT2D eigenvalue weighted by molar-refractivity contribution is -0.140. The number of amides is 1. The highest BCUT2D eigenvalue weighted by molar-refractivity contribution is 5.65. The van der Waals surface area contributed by atoms with E-state index in [1.807, 2.05) is 75.4 Å². The summed E-state index contributed by atoms with van der Waals surface area (Å²) < 4.78 is 26.3. The molecule has 0 bridgehead atoms. The third-order valence-electron chi connectivity index (χ3n) is 5.61. The summed E-state index contributed by atoms with van der Waals surface area (Å²) in [5, 5.41) is 14.5. The molecule has 0 fully saturated rings. The first-order chi connectivity index (χ1) is 15.9. The van der Waals surface area contributed by atoms with E-state index in [-0.39, 0.29) is 18.7 Å². The largest absolute Gasteiger partial charge is 0.489 e. The molecule has 0 saturated carbocycles. The van der Waals surface area contributed by atoms with E-state index in [0.717, 1.165) is 11.1 Å². The van der Waals surface area contributed by atoms with Crippen LogP contribution in [0.2, 0.25) is 2.82 Å². The number of primary amides is 1. The van der Waals surface area contributed by atoms with Crippen LogP contribution in [-0.4, -0.2) is 36.0 Å². The van der Waals surface area contributed by atoms with Crippen LogP contribution in [0.5, 0.6) is 5.75 Å². The van der Waals surface area contributed by atoms with Crippen LogP contribution in [0.15, 0.2) is 54.6 Å². The van der Waals surface area contributed by atoms with Gasteiger partial charge in [-0.25, -0.2) is 4.79 Å². The molecule has 32 heavy (non-hydrogen) atoms. The first-order valence-electron chi connectivity index (χ1n) is 12.0. The average Bonchev–Trinajstić information content (AvgIpc) is 2.77. The van der Waals surface area contributed by atoms with Gasteiger partial charge in [0, 0.05) is 18.4 Å². The highest BCUT2D eigenvalue weighted by Crippen LogP contribution is 2.40. The number of carbonyl (C=O) groups is 1. The third-order valence-corrected chi connectivity index (χ3v) is 5.61. The van der Waals surface area contributed by atoms with Crippen molar-refractivity contribution in [3.05, 3.63) is 65.7 Å². The second-order valence-electron chi connectivity index (χ2n) is 9.67. The molecule has 0 unspecified atom stereocenters. The van der Waals surface area contributed by atoms with Gasteiger partial charge in [-0.3, -0.25) is 0 Å². The van der Waals surface area contributed by atoms with Crippen molar-refractivity contribution in [2.24, 2.45) is 17.1 Å². The fourth-order valence-electron chi connectivity index (χ4n) is 3.72. The van der Waals surface area contributed by atoms with Gasteiger partial charge in [-0.1, -0.05) is 77.1 Å². The van der Waals surface area contributed by atoms with Gasteiger partial charge in [0.25, 0.3) is 0 Å². The molecule has 2 rings (SSSR count). The molecule has 0 spiro atoms. The van der Waals surface area contributed by atoms with E-state index in [0.29, 0.717) is 24.8 Å². The second kappa shape index (κ2) is 11.3. The highest BCUT2D eigenvalue weighted by atomic mass is 16.6. The summed E-state index contributed by atoms with van der Waals surface area (Å²) in [6, 6.07) is 17.3. The van der Waals surface area contributed by atoms with Crippen molar-refractivity contribution >= 4 is 6.09 Å². The summed E-state index contributed by atoms with van der Waals surface area (Å²) in [5.74, 6) is 1.09. The van der Waals surface area contributed by atoms with Crippen molar-refractivity contribution in [2.75, 3.05) is 13.1 Å². The van der Waals surface area contributed by atoms with Gasteiger partial charge in [-0.2, -0.15) is 0 Å². The van der Waals surface area contributed by atoms with Crippen LogP contribution in [0.4, 0.5) is 4.79 Å². The van der Waals surface area contributed by atoms with Crippen molar-refractivity contribution in [3.63, 3.8) is 0 Å². The molecule has 0 heterocycles. The van der Waals surface area contributed by atoms with E-state index in [4.69, 9.17) is 12.3 Å². The van der Waals surface area contributed by atoms with Crippen LogP contribution in [0.3, 0.4) is 0 Å². The summed E-state index contributed by atoms with van der Waals surface area (Å²) in [7, 11) is 0. The summed E-state index contributed by atoms with van der Waals surface area (Å²) in [4.78, 5) is 12.3. The molecule has 0 saturated heterocycles. The summed E-state index contributed by atoms with van der Waals surface area (Å²) in [6.07, 6.45) is -2.00. The van der Waals surface area contributed by atoms with Gasteiger partial charge in [0.1, 0.15) is 24.1 Å². The average molecular weight is 445 g/mol. The maximum atomic E-state index is 12.3. The van der Waals surface area contributed by atoms with Gasteiger partial charge in [0.05, 0.1) is 0 Å². The minimum Gasteiger partial charge on any atom is -0.489 e. The summed E-state index contributed by atoms with van der Waals surface area (Å²) >= 11 is 0. The van der Waals surface area contributed by atoms with E-state index in [9.17, 15) is 9.90 Å². The number of hydrogen-bond donors (Lipinski definition) is 3. The molecule has 176 valence electrons. The van der Waals surface area contributed by atoms with E-state index in [1.165, 1.54) is 0 Å². The lowest BCUT2D eigenvalue weighted by Crippen LogP contribution is -2.60. The fourth-order valence-corrected chi connectivity index (χ4v) is 3.72. The van der Waals surface area contributed by atoms with Crippen molar-refractivity contribution in [1.29, 1.82) is 0 Å². The number of hydrogen-bond acceptors (Lipinski definition) is 5. The van der Waals surface area contributed by atoms with Gasteiger partial charge in [-0.15, -0.1) is 0 Å². The normalized spacial score (nSPS) is 15.3. The molecule has 6 nitrogen and oxygen atoms in total. The van der Waals surface area contributed by atoms with Crippen LogP contribution in [0.25, 0.3) is 0 Å². The van der Waals surface area contributed by atoms with Crippen molar-refractivity contribution in [2.45, 2.75) is 59.4 Å². The van der Waals surface area contributed by atoms with E-state index >= 15 is 0 Å². The van der Waals surface area contributed by atoms with E-state index in [2.05, 4.69) is 19.2 Å². The Hall–Kier alpha value is -2.57. The van der Waals surface area contributed by atoms with Crippen LogP contribution < -0.4 is 15.8 Å². The molecule has 1 amide bonds. The first kappa shape index (κ1) is 22.6. The zero-order valence-corrected chi connectivity index (χ0v) is 19.8. The second-order valence-corrected chi connectivity index (χ2v) is 9.67. The Morgan fingerprint density at radius 1 is 1.06 bits per heavy atom. The summed E-state index contributed by atoms with van der Waals surface area (Å²) in [5.41, 5.74) is -0.271. The molecule has 6 heteroatoms.